The topological polar surface area (TPSA) is 70.0 Å². The van der Waals surface area contributed by atoms with E-state index in [1.165, 1.54) is 0 Å². The second-order valence-corrected chi connectivity index (χ2v) is 5.27. The fraction of sp³-hybridized carbons (Fsp3) is 0.500. The summed E-state index contributed by atoms with van der Waals surface area (Å²) < 4.78 is 5.37. The number of phenolic OH excluding ortho intramolecular Hbond substituents is 1. The smallest absolute Gasteiger partial charge is 0.329 e. The summed E-state index contributed by atoms with van der Waals surface area (Å²) in [6, 6.07) is 7.34. The lowest BCUT2D eigenvalue weighted by Crippen LogP contribution is -2.62. The van der Waals surface area contributed by atoms with Crippen LogP contribution in [-0.4, -0.2) is 46.4 Å². The second-order valence-electron chi connectivity index (χ2n) is 5.27. The maximum Gasteiger partial charge on any atom is 0.329 e. The van der Waals surface area contributed by atoms with Crippen molar-refractivity contribution in [2.45, 2.75) is 25.5 Å². The fourth-order valence-electron chi connectivity index (χ4n) is 2.45. The molecule has 0 spiro atoms. The zero-order valence-electron chi connectivity index (χ0n) is 11.2. The van der Waals surface area contributed by atoms with Crippen molar-refractivity contribution in [3.8, 4) is 5.75 Å². The number of benzene rings is 1. The molecule has 1 aliphatic rings. The van der Waals surface area contributed by atoms with Crippen LogP contribution in [0, 0.1) is 0 Å². The summed E-state index contributed by atoms with van der Waals surface area (Å²) in [6.45, 7) is 4.98. The molecule has 1 saturated heterocycles. The molecule has 2 rings (SSSR count). The number of carboxylic acids is 1. The van der Waals surface area contributed by atoms with E-state index in [9.17, 15) is 9.90 Å². The van der Waals surface area contributed by atoms with Crippen LogP contribution in [0.3, 0.4) is 0 Å². The van der Waals surface area contributed by atoms with E-state index in [0.717, 1.165) is 5.56 Å². The molecule has 1 aliphatic heterocycles. The van der Waals surface area contributed by atoms with Crippen LogP contribution < -0.4 is 0 Å². The van der Waals surface area contributed by atoms with Crippen molar-refractivity contribution in [2.24, 2.45) is 0 Å². The van der Waals surface area contributed by atoms with Crippen molar-refractivity contribution in [1.29, 1.82) is 0 Å². The number of para-hydroxylation sites is 1. The van der Waals surface area contributed by atoms with Gasteiger partial charge in [0.05, 0.1) is 5.60 Å². The van der Waals surface area contributed by atoms with Crippen LogP contribution in [0.1, 0.15) is 25.5 Å². The SMILES string of the molecule is CC(c1ccccc1O)N1CC(C)(OCC(=O)O)C1. The van der Waals surface area contributed by atoms with Crippen LogP contribution >= 0.6 is 0 Å². The fourth-order valence-corrected chi connectivity index (χ4v) is 2.45. The predicted molar refractivity (Wildman–Crippen MR) is 70.1 cm³/mol. The van der Waals surface area contributed by atoms with E-state index in [0.29, 0.717) is 13.1 Å². The number of carboxylic acid groups (broad SMARTS) is 1. The third-order valence-electron chi connectivity index (χ3n) is 3.55. The molecule has 2 N–H and O–H groups in total. The first kappa shape index (κ1) is 13.8. The maximum absolute atomic E-state index is 10.5. The first-order chi connectivity index (χ1) is 8.91. The van der Waals surface area contributed by atoms with Crippen molar-refractivity contribution < 1.29 is 19.7 Å². The van der Waals surface area contributed by atoms with Gasteiger partial charge in [-0.15, -0.1) is 0 Å². The third kappa shape index (κ3) is 3.05. The molecule has 0 bridgehead atoms. The summed E-state index contributed by atoms with van der Waals surface area (Å²) in [5.74, 6) is -0.663. The molecule has 0 amide bonds. The van der Waals surface area contributed by atoms with Gasteiger partial charge in [0.25, 0.3) is 0 Å². The quantitative estimate of drug-likeness (QED) is 0.846. The number of ether oxygens (including phenoxy) is 1. The molecule has 5 heteroatoms. The zero-order valence-corrected chi connectivity index (χ0v) is 11.2. The first-order valence-corrected chi connectivity index (χ1v) is 6.29. The Hall–Kier alpha value is -1.59. The Labute approximate surface area is 112 Å². The molecular formula is C14H19NO4. The lowest BCUT2D eigenvalue weighted by atomic mass is 9.92. The van der Waals surface area contributed by atoms with E-state index in [1.54, 1.807) is 12.1 Å². The van der Waals surface area contributed by atoms with Crippen molar-refractivity contribution in [2.75, 3.05) is 19.7 Å². The number of aromatic hydroxyl groups is 1. The van der Waals surface area contributed by atoms with Gasteiger partial charge in [0, 0.05) is 24.7 Å². The van der Waals surface area contributed by atoms with E-state index in [2.05, 4.69) is 4.90 Å². The van der Waals surface area contributed by atoms with Gasteiger partial charge in [-0.25, -0.2) is 4.79 Å². The van der Waals surface area contributed by atoms with Gasteiger partial charge >= 0.3 is 5.97 Å². The Kier molecular flexibility index (Phi) is 3.78. The Morgan fingerprint density at radius 3 is 2.68 bits per heavy atom. The predicted octanol–water partition coefficient (Wildman–Crippen LogP) is 1.63. The molecule has 5 nitrogen and oxygen atoms in total. The molecule has 19 heavy (non-hydrogen) atoms. The molecular weight excluding hydrogens is 246 g/mol. The van der Waals surface area contributed by atoms with Crippen LogP contribution in [0.4, 0.5) is 0 Å². The molecule has 0 saturated carbocycles. The summed E-state index contributed by atoms with van der Waals surface area (Å²) in [5, 5.41) is 18.4. The largest absolute Gasteiger partial charge is 0.508 e. The van der Waals surface area contributed by atoms with E-state index < -0.39 is 11.6 Å². The lowest BCUT2D eigenvalue weighted by Gasteiger charge is -2.50. The molecule has 1 heterocycles. The van der Waals surface area contributed by atoms with E-state index in [-0.39, 0.29) is 18.4 Å². The minimum absolute atomic E-state index is 0.0858. The first-order valence-electron chi connectivity index (χ1n) is 6.29. The number of hydrogen-bond acceptors (Lipinski definition) is 4. The van der Waals surface area contributed by atoms with Crippen LogP contribution in [0.25, 0.3) is 0 Å². The monoisotopic (exact) mass is 265 g/mol. The molecule has 104 valence electrons. The lowest BCUT2D eigenvalue weighted by molar-refractivity contribution is -0.169. The zero-order chi connectivity index (χ0) is 14.0. The summed E-state index contributed by atoms with van der Waals surface area (Å²) in [6.07, 6.45) is 0. The molecule has 0 aromatic heterocycles. The van der Waals surface area contributed by atoms with Crippen LogP contribution in [-0.2, 0) is 9.53 Å². The second kappa shape index (κ2) is 5.19. The Morgan fingerprint density at radius 1 is 1.47 bits per heavy atom. The Balaban J connectivity index is 1.93. The minimum Gasteiger partial charge on any atom is -0.508 e. The number of phenols is 1. The Bertz CT molecular complexity index is 468. The van der Waals surface area contributed by atoms with Gasteiger partial charge < -0.3 is 14.9 Å². The molecule has 1 atom stereocenters. The van der Waals surface area contributed by atoms with Crippen molar-refractivity contribution in [3.05, 3.63) is 29.8 Å². The highest BCUT2D eigenvalue weighted by Gasteiger charge is 2.42. The number of hydrogen-bond donors (Lipinski definition) is 2. The number of aliphatic carboxylic acids is 1. The van der Waals surface area contributed by atoms with Crippen molar-refractivity contribution in [3.63, 3.8) is 0 Å². The van der Waals surface area contributed by atoms with Gasteiger partial charge in [-0.05, 0) is 19.9 Å². The normalized spacial score (nSPS) is 19.7. The third-order valence-corrected chi connectivity index (χ3v) is 3.55. The highest BCUT2D eigenvalue weighted by molar-refractivity contribution is 5.68. The highest BCUT2D eigenvalue weighted by atomic mass is 16.5. The van der Waals surface area contributed by atoms with Gasteiger partial charge in [-0.1, -0.05) is 18.2 Å². The minimum atomic E-state index is -0.951. The van der Waals surface area contributed by atoms with Crippen LogP contribution in [0.5, 0.6) is 5.75 Å². The van der Waals surface area contributed by atoms with E-state index >= 15 is 0 Å². The molecule has 0 aliphatic carbocycles. The van der Waals surface area contributed by atoms with Gasteiger partial charge in [0.2, 0.25) is 0 Å². The Morgan fingerprint density at radius 2 is 2.11 bits per heavy atom. The standard InChI is InChI=1S/C14H19NO4/c1-10(11-5-3-4-6-12(11)16)15-8-14(2,9-15)19-7-13(17)18/h3-6,10,16H,7-9H2,1-2H3,(H,17,18). The molecule has 1 fully saturated rings. The summed E-state index contributed by atoms with van der Waals surface area (Å²) in [4.78, 5) is 12.6. The van der Waals surface area contributed by atoms with Gasteiger partial charge in [0.15, 0.2) is 0 Å². The van der Waals surface area contributed by atoms with Gasteiger partial charge in [-0.3, -0.25) is 4.90 Å². The van der Waals surface area contributed by atoms with Crippen LogP contribution in [0.2, 0.25) is 0 Å². The number of nitrogens with zero attached hydrogens (tertiary/aromatic N) is 1. The average Bonchev–Trinajstić information content (AvgIpc) is 2.33. The molecule has 1 aromatic rings. The number of likely N-dealkylation sites (tertiary alicyclic amines) is 1. The summed E-state index contributed by atoms with van der Waals surface area (Å²) in [5.41, 5.74) is 0.472. The summed E-state index contributed by atoms with van der Waals surface area (Å²) in [7, 11) is 0. The van der Waals surface area contributed by atoms with Crippen LogP contribution in [0.15, 0.2) is 24.3 Å². The highest BCUT2D eigenvalue weighted by Crippen LogP contribution is 2.35. The van der Waals surface area contributed by atoms with Crippen molar-refractivity contribution >= 4 is 5.97 Å². The molecule has 0 radical (unpaired) electrons. The molecule has 1 aromatic carbocycles. The van der Waals surface area contributed by atoms with Gasteiger partial charge in [-0.2, -0.15) is 0 Å². The van der Waals surface area contributed by atoms with Gasteiger partial charge in [0.1, 0.15) is 12.4 Å². The summed E-state index contributed by atoms with van der Waals surface area (Å²) >= 11 is 0. The average molecular weight is 265 g/mol. The maximum atomic E-state index is 10.5. The van der Waals surface area contributed by atoms with E-state index in [1.807, 2.05) is 26.0 Å². The molecule has 1 unspecified atom stereocenters. The number of rotatable bonds is 5. The number of carbonyl (C=O) groups is 1. The van der Waals surface area contributed by atoms with E-state index in [4.69, 9.17) is 9.84 Å². The van der Waals surface area contributed by atoms with Crippen molar-refractivity contribution in [1.82, 2.24) is 4.90 Å².